The number of carboxylic acid groups (broad SMARTS) is 1. The molecule has 0 bridgehead atoms. The molecule has 37 heavy (non-hydrogen) atoms. The average Bonchev–Trinajstić information content (AvgIpc) is 2.77. The summed E-state index contributed by atoms with van der Waals surface area (Å²) in [5.41, 5.74) is 0. The maximum Gasteiger partial charge on any atom is 0.397 e. The molecule has 1 fully saturated rings. The molecule has 8 atom stereocenters. The third kappa shape index (κ3) is 9.07. The van der Waals surface area contributed by atoms with Gasteiger partial charge in [-0.25, -0.2) is 13.2 Å². The van der Waals surface area contributed by atoms with Gasteiger partial charge in [0.25, 0.3) is 0 Å². The molecule has 0 aromatic heterocycles. The third-order valence-electron chi connectivity index (χ3n) is 5.17. The molecule has 0 unspecified atom stereocenters. The number of aliphatic carboxylic acids is 1. The second-order valence-electron chi connectivity index (χ2n) is 7.78. The molecule has 1 amide bonds. The van der Waals surface area contributed by atoms with E-state index in [9.17, 15) is 46.9 Å². The molecule has 1 saturated heterocycles. The Bertz CT molecular complexity index is 1060. The lowest BCUT2D eigenvalue weighted by molar-refractivity contribution is -0.280. The molecule has 0 aromatic rings. The van der Waals surface area contributed by atoms with E-state index in [1.807, 2.05) is 0 Å². The largest absolute Gasteiger partial charge is 0.475 e. The quantitative estimate of drug-likeness (QED) is 0.110. The van der Waals surface area contributed by atoms with Crippen LogP contribution in [-0.4, -0.2) is 120 Å². The van der Waals surface area contributed by atoms with Crippen molar-refractivity contribution < 1.29 is 78.5 Å². The van der Waals surface area contributed by atoms with Crippen LogP contribution in [0.25, 0.3) is 0 Å². The van der Waals surface area contributed by atoms with Gasteiger partial charge in [0.1, 0.15) is 24.4 Å². The van der Waals surface area contributed by atoms with Gasteiger partial charge in [0, 0.05) is 13.0 Å². The van der Waals surface area contributed by atoms with Crippen LogP contribution in [0.15, 0.2) is 11.8 Å². The van der Waals surface area contributed by atoms with Crippen LogP contribution >= 0.6 is 0 Å². The maximum absolute atomic E-state index is 12.0. The zero-order valence-electron chi connectivity index (χ0n) is 19.0. The van der Waals surface area contributed by atoms with Gasteiger partial charge in [0.15, 0.2) is 6.10 Å². The second kappa shape index (κ2) is 12.7. The van der Waals surface area contributed by atoms with E-state index in [0.29, 0.717) is 6.08 Å². The second-order valence-corrected chi connectivity index (χ2v) is 9.92. The summed E-state index contributed by atoms with van der Waals surface area (Å²) in [6.07, 6.45) is -12.6. The zero-order chi connectivity index (χ0) is 28.1. The number of carbonyl (C=O) groups is 2. The summed E-state index contributed by atoms with van der Waals surface area (Å²) < 4.78 is 87.5. The van der Waals surface area contributed by atoms with E-state index in [1.54, 1.807) is 0 Å². The van der Waals surface area contributed by atoms with E-state index in [1.165, 1.54) is 6.92 Å². The minimum atomic E-state index is -5.28. The highest BCUT2D eigenvalue weighted by molar-refractivity contribution is 7.81. The number of carbonyl (C=O) groups excluding carboxylic acids is 1. The SMILES string of the molecule is CCC(=O)N[C@@H]1[C@@H](O)[C@H](O[C@H]2OC(C(=O)O)=C[C@H](O)[C@H]2OS(=O)(=O)O)[C@@H](COS(=O)(=O)O)O[C@H]1CCO. The lowest BCUT2D eigenvalue weighted by atomic mass is 9.90. The molecule has 20 heteroatoms. The van der Waals surface area contributed by atoms with Crippen molar-refractivity contribution in [1.29, 1.82) is 0 Å². The number of aliphatic hydroxyl groups excluding tert-OH is 3. The Morgan fingerprint density at radius 1 is 1.08 bits per heavy atom. The van der Waals surface area contributed by atoms with Crippen molar-refractivity contribution in [2.75, 3.05) is 13.2 Å². The Balaban J connectivity index is 2.47. The van der Waals surface area contributed by atoms with Crippen molar-refractivity contribution in [1.82, 2.24) is 5.32 Å². The van der Waals surface area contributed by atoms with Crippen LogP contribution in [0, 0.1) is 0 Å². The van der Waals surface area contributed by atoms with E-state index in [4.69, 9.17) is 23.3 Å². The van der Waals surface area contributed by atoms with Gasteiger partial charge in [-0.15, -0.1) is 0 Å². The highest BCUT2D eigenvalue weighted by Crippen LogP contribution is 2.31. The van der Waals surface area contributed by atoms with Gasteiger partial charge in [-0.1, -0.05) is 6.92 Å². The molecule has 0 saturated carbocycles. The molecule has 0 aromatic carbocycles. The fourth-order valence-corrected chi connectivity index (χ4v) is 4.39. The first-order valence-corrected chi connectivity index (χ1v) is 13.3. The van der Waals surface area contributed by atoms with Crippen LogP contribution < -0.4 is 5.32 Å². The predicted octanol–water partition coefficient (Wildman–Crippen LogP) is -3.53. The molecule has 0 radical (unpaired) electrons. The molecule has 7 N–H and O–H groups in total. The summed E-state index contributed by atoms with van der Waals surface area (Å²) in [4.78, 5) is 23.4. The van der Waals surface area contributed by atoms with E-state index in [0.717, 1.165) is 0 Å². The first-order chi connectivity index (χ1) is 17.1. The minimum absolute atomic E-state index is 0.0507. The fourth-order valence-electron chi connectivity index (χ4n) is 3.59. The van der Waals surface area contributed by atoms with Crippen molar-refractivity contribution in [2.24, 2.45) is 0 Å². The van der Waals surface area contributed by atoms with Gasteiger partial charge >= 0.3 is 26.8 Å². The first-order valence-electron chi connectivity index (χ1n) is 10.5. The van der Waals surface area contributed by atoms with Crippen molar-refractivity contribution in [3.63, 3.8) is 0 Å². The van der Waals surface area contributed by atoms with Crippen molar-refractivity contribution in [3.05, 3.63) is 11.8 Å². The average molecular weight is 582 g/mol. The first kappa shape index (κ1) is 31.2. The summed E-state index contributed by atoms with van der Waals surface area (Å²) in [7, 11) is -10.3. The van der Waals surface area contributed by atoms with Crippen LogP contribution in [0.5, 0.6) is 0 Å². The standard InChI is InChI=1S/C17H27NO17S2/c1-2-11(21)18-12-8(3-4-19)32-10(6-31-36(25,26)27)15(13(12)22)34-17-14(35-37(28,29)30)7(20)5-9(33-17)16(23)24/h5,7-8,10,12-15,17,19-20,22H,2-4,6H2,1H3,(H,18,21)(H,23,24)(H,25,26,27)(H,28,29,30)/t7-,8-,10+,12-,13+,14+,15+,17+/m0/s1. The molecular weight excluding hydrogens is 554 g/mol. The number of hydrogen-bond acceptors (Lipinski definition) is 14. The predicted molar refractivity (Wildman–Crippen MR) is 114 cm³/mol. The number of rotatable bonds is 12. The monoisotopic (exact) mass is 581 g/mol. The number of aliphatic hydroxyl groups is 3. The molecule has 2 aliphatic heterocycles. The van der Waals surface area contributed by atoms with Gasteiger partial charge < -0.3 is 40.0 Å². The molecule has 214 valence electrons. The van der Waals surface area contributed by atoms with Crippen molar-refractivity contribution in [2.45, 2.75) is 68.7 Å². The van der Waals surface area contributed by atoms with Gasteiger partial charge in [-0.3, -0.25) is 13.9 Å². The minimum Gasteiger partial charge on any atom is -0.475 e. The Labute approximate surface area is 210 Å². The van der Waals surface area contributed by atoms with E-state index >= 15 is 0 Å². The summed E-state index contributed by atoms with van der Waals surface area (Å²) >= 11 is 0. The van der Waals surface area contributed by atoms with Crippen LogP contribution in [0.2, 0.25) is 0 Å². The van der Waals surface area contributed by atoms with Crippen molar-refractivity contribution >= 4 is 32.7 Å². The number of amides is 1. The van der Waals surface area contributed by atoms with E-state index in [-0.39, 0.29) is 12.8 Å². The van der Waals surface area contributed by atoms with E-state index in [2.05, 4.69) is 13.7 Å². The Kier molecular flexibility index (Phi) is 10.7. The number of hydrogen-bond donors (Lipinski definition) is 7. The summed E-state index contributed by atoms with van der Waals surface area (Å²) in [6, 6.07) is -1.32. The summed E-state index contributed by atoms with van der Waals surface area (Å²) in [5.74, 6) is -3.27. The maximum atomic E-state index is 12.0. The van der Waals surface area contributed by atoms with E-state index < -0.39 is 101 Å². The smallest absolute Gasteiger partial charge is 0.397 e. The highest BCUT2D eigenvalue weighted by Gasteiger charge is 2.50. The normalized spacial score (nSPS) is 32.8. The molecule has 18 nitrogen and oxygen atoms in total. The van der Waals surface area contributed by atoms with Gasteiger partial charge in [-0.2, -0.15) is 16.8 Å². The third-order valence-corrected chi connectivity index (χ3v) is 6.07. The van der Waals surface area contributed by atoms with Crippen LogP contribution in [-0.2, 0) is 53.0 Å². The molecule has 0 spiro atoms. The molecule has 2 heterocycles. The number of ether oxygens (including phenoxy) is 3. The highest BCUT2D eigenvalue weighted by atomic mass is 32.3. The molecular formula is C17H27NO17S2. The van der Waals surface area contributed by atoms with Crippen LogP contribution in [0.3, 0.4) is 0 Å². The molecule has 2 rings (SSSR count). The fraction of sp³-hybridized carbons (Fsp3) is 0.765. The van der Waals surface area contributed by atoms with Crippen LogP contribution in [0.1, 0.15) is 19.8 Å². The zero-order valence-corrected chi connectivity index (χ0v) is 20.6. The number of nitrogens with one attached hydrogen (secondary N) is 1. The Morgan fingerprint density at radius 2 is 1.73 bits per heavy atom. The summed E-state index contributed by atoms with van der Waals surface area (Å²) in [6.45, 7) is -0.0582. The van der Waals surface area contributed by atoms with Crippen molar-refractivity contribution in [3.8, 4) is 0 Å². The van der Waals surface area contributed by atoms with Gasteiger partial charge in [0.05, 0.1) is 18.8 Å². The lowest BCUT2D eigenvalue weighted by Gasteiger charge is -2.46. The molecule has 0 aliphatic carbocycles. The number of carboxylic acids is 1. The summed E-state index contributed by atoms with van der Waals surface area (Å²) in [5, 5.41) is 42.2. The van der Waals surface area contributed by atoms with Crippen LogP contribution in [0.4, 0.5) is 0 Å². The molecule has 2 aliphatic rings. The van der Waals surface area contributed by atoms with Gasteiger partial charge in [-0.05, 0) is 12.5 Å². The Hall–Kier alpha value is -1.98. The van der Waals surface area contributed by atoms with Gasteiger partial charge in [0.2, 0.25) is 18.0 Å². The lowest BCUT2D eigenvalue weighted by Crippen LogP contribution is -2.66. The Morgan fingerprint density at radius 3 is 2.24 bits per heavy atom. The topological polar surface area (TPSA) is 282 Å².